The molecular formula is C22H25FN6O. The van der Waals surface area contributed by atoms with E-state index in [0.29, 0.717) is 12.5 Å². The third kappa shape index (κ3) is 4.17. The van der Waals surface area contributed by atoms with Crippen LogP contribution in [-0.2, 0) is 11.3 Å². The Bertz CT molecular complexity index is 1000. The Morgan fingerprint density at radius 3 is 2.73 bits per heavy atom. The minimum absolute atomic E-state index is 0.0125. The van der Waals surface area contributed by atoms with Gasteiger partial charge in [0.05, 0.1) is 11.7 Å². The van der Waals surface area contributed by atoms with Crippen LogP contribution in [0.15, 0.2) is 48.9 Å². The molecule has 1 atom stereocenters. The normalized spacial score (nSPS) is 16.5. The molecule has 1 saturated heterocycles. The van der Waals surface area contributed by atoms with Gasteiger partial charge in [0.2, 0.25) is 11.9 Å². The SMILES string of the molecule is CN(C)c1ncc(-c2ccc(F)cc2)c(C2CCCCN2C(=O)Cn2cccn2)n1. The van der Waals surface area contributed by atoms with Gasteiger partial charge in [-0.25, -0.2) is 14.4 Å². The lowest BCUT2D eigenvalue weighted by molar-refractivity contribution is -0.136. The van der Waals surface area contributed by atoms with Gasteiger partial charge in [-0.1, -0.05) is 12.1 Å². The van der Waals surface area contributed by atoms with Gasteiger partial charge in [0.25, 0.3) is 0 Å². The van der Waals surface area contributed by atoms with E-state index in [4.69, 9.17) is 4.98 Å². The number of hydrogen-bond acceptors (Lipinski definition) is 5. The molecule has 1 aliphatic rings. The fraction of sp³-hybridized carbons (Fsp3) is 0.364. The Labute approximate surface area is 175 Å². The summed E-state index contributed by atoms with van der Waals surface area (Å²) in [6.07, 6.45) is 8.02. The van der Waals surface area contributed by atoms with Gasteiger partial charge in [-0.2, -0.15) is 5.10 Å². The van der Waals surface area contributed by atoms with Crippen LogP contribution >= 0.6 is 0 Å². The molecule has 7 nitrogen and oxygen atoms in total. The number of nitrogens with zero attached hydrogens (tertiary/aromatic N) is 6. The zero-order valence-electron chi connectivity index (χ0n) is 17.2. The van der Waals surface area contributed by atoms with Crippen LogP contribution in [0.2, 0.25) is 0 Å². The second-order valence-electron chi connectivity index (χ2n) is 7.67. The predicted molar refractivity (Wildman–Crippen MR) is 112 cm³/mol. The number of benzene rings is 1. The minimum Gasteiger partial charge on any atom is -0.347 e. The molecule has 0 radical (unpaired) electrons. The van der Waals surface area contributed by atoms with Gasteiger partial charge in [-0.3, -0.25) is 9.48 Å². The molecule has 2 aromatic heterocycles. The highest BCUT2D eigenvalue weighted by Crippen LogP contribution is 2.36. The summed E-state index contributed by atoms with van der Waals surface area (Å²) in [4.78, 5) is 26.2. The molecule has 1 amide bonds. The van der Waals surface area contributed by atoms with Gasteiger partial charge in [-0.15, -0.1) is 0 Å². The fourth-order valence-electron chi connectivity index (χ4n) is 3.84. The summed E-state index contributed by atoms with van der Waals surface area (Å²) in [6.45, 7) is 0.871. The first kappa shape index (κ1) is 20.0. The van der Waals surface area contributed by atoms with Crippen molar-refractivity contribution in [3.8, 4) is 11.1 Å². The van der Waals surface area contributed by atoms with Gasteiger partial charge in [0, 0.05) is 44.8 Å². The Morgan fingerprint density at radius 1 is 1.23 bits per heavy atom. The smallest absolute Gasteiger partial charge is 0.244 e. The van der Waals surface area contributed by atoms with Crippen molar-refractivity contribution < 1.29 is 9.18 Å². The Balaban J connectivity index is 1.74. The lowest BCUT2D eigenvalue weighted by Crippen LogP contribution is -2.41. The van der Waals surface area contributed by atoms with Crippen LogP contribution < -0.4 is 4.90 Å². The molecule has 1 aromatic carbocycles. The van der Waals surface area contributed by atoms with Crippen LogP contribution in [0.3, 0.4) is 0 Å². The topological polar surface area (TPSA) is 67.2 Å². The molecule has 1 unspecified atom stereocenters. The van der Waals surface area contributed by atoms with E-state index in [1.807, 2.05) is 23.9 Å². The number of piperidine rings is 1. The molecule has 0 bridgehead atoms. The maximum Gasteiger partial charge on any atom is 0.244 e. The summed E-state index contributed by atoms with van der Waals surface area (Å²) >= 11 is 0. The standard InChI is InChI=1S/C22H25FN6O/c1-27(2)22-24-14-18(16-7-9-17(23)10-8-16)21(26-22)19-6-3-4-13-29(19)20(30)15-28-12-5-11-25-28/h5,7-12,14,19H,3-4,6,13,15H2,1-2H3. The van der Waals surface area contributed by atoms with Crippen molar-refractivity contribution in [2.24, 2.45) is 0 Å². The predicted octanol–water partition coefficient (Wildman–Crippen LogP) is 3.30. The zero-order chi connectivity index (χ0) is 21.1. The van der Waals surface area contributed by atoms with Crippen molar-refractivity contribution in [1.29, 1.82) is 0 Å². The van der Waals surface area contributed by atoms with Crippen LogP contribution in [0, 0.1) is 5.82 Å². The molecule has 8 heteroatoms. The molecule has 1 fully saturated rings. The molecule has 0 spiro atoms. The molecule has 0 N–H and O–H groups in total. The quantitative estimate of drug-likeness (QED) is 0.648. The van der Waals surface area contributed by atoms with E-state index >= 15 is 0 Å². The van der Waals surface area contributed by atoms with E-state index in [9.17, 15) is 9.18 Å². The first-order valence-electron chi connectivity index (χ1n) is 10.1. The van der Waals surface area contributed by atoms with Crippen LogP contribution in [0.1, 0.15) is 31.0 Å². The summed E-state index contributed by atoms with van der Waals surface area (Å²) in [5, 5.41) is 4.16. The molecule has 30 heavy (non-hydrogen) atoms. The third-order valence-corrected chi connectivity index (χ3v) is 5.36. The van der Waals surface area contributed by atoms with E-state index in [1.165, 1.54) is 12.1 Å². The van der Waals surface area contributed by atoms with Crippen molar-refractivity contribution in [1.82, 2.24) is 24.6 Å². The zero-order valence-corrected chi connectivity index (χ0v) is 17.2. The Hall–Kier alpha value is -3.29. The van der Waals surface area contributed by atoms with Gasteiger partial charge < -0.3 is 9.80 Å². The highest BCUT2D eigenvalue weighted by Gasteiger charge is 2.31. The Morgan fingerprint density at radius 2 is 2.03 bits per heavy atom. The average Bonchev–Trinajstić information content (AvgIpc) is 3.27. The molecule has 3 heterocycles. The van der Waals surface area contributed by atoms with Crippen LogP contribution in [0.5, 0.6) is 0 Å². The highest BCUT2D eigenvalue weighted by molar-refractivity contribution is 5.77. The van der Waals surface area contributed by atoms with Gasteiger partial charge in [-0.05, 0) is 43.0 Å². The molecule has 4 rings (SSSR count). The third-order valence-electron chi connectivity index (χ3n) is 5.36. The van der Waals surface area contributed by atoms with E-state index in [1.54, 1.807) is 41.5 Å². The van der Waals surface area contributed by atoms with Crippen molar-refractivity contribution in [3.05, 3.63) is 60.4 Å². The van der Waals surface area contributed by atoms with E-state index < -0.39 is 0 Å². The van der Waals surface area contributed by atoms with Gasteiger partial charge in [0.1, 0.15) is 12.4 Å². The number of carbonyl (C=O) groups is 1. The van der Waals surface area contributed by atoms with Crippen LogP contribution in [0.4, 0.5) is 10.3 Å². The number of amides is 1. The number of halogens is 1. The van der Waals surface area contributed by atoms with Gasteiger partial charge in [0.15, 0.2) is 0 Å². The second-order valence-corrected chi connectivity index (χ2v) is 7.67. The molecular weight excluding hydrogens is 383 g/mol. The number of likely N-dealkylation sites (tertiary alicyclic amines) is 1. The molecule has 1 aliphatic heterocycles. The number of hydrogen-bond donors (Lipinski definition) is 0. The summed E-state index contributed by atoms with van der Waals surface area (Å²) in [7, 11) is 3.77. The molecule has 0 aliphatic carbocycles. The molecule has 3 aromatic rings. The summed E-state index contributed by atoms with van der Waals surface area (Å²) < 4.78 is 15.1. The maximum atomic E-state index is 13.5. The lowest BCUT2D eigenvalue weighted by atomic mass is 9.93. The summed E-state index contributed by atoms with van der Waals surface area (Å²) in [6, 6.07) is 7.96. The minimum atomic E-state index is -0.292. The van der Waals surface area contributed by atoms with E-state index in [0.717, 1.165) is 36.1 Å². The lowest BCUT2D eigenvalue weighted by Gasteiger charge is -2.36. The van der Waals surface area contributed by atoms with Crippen molar-refractivity contribution in [2.45, 2.75) is 31.8 Å². The average molecular weight is 408 g/mol. The maximum absolute atomic E-state index is 13.5. The monoisotopic (exact) mass is 408 g/mol. The largest absolute Gasteiger partial charge is 0.347 e. The second kappa shape index (κ2) is 8.61. The number of carbonyl (C=O) groups excluding carboxylic acids is 1. The number of anilines is 1. The van der Waals surface area contributed by atoms with Crippen molar-refractivity contribution >= 4 is 11.9 Å². The van der Waals surface area contributed by atoms with Crippen LogP contribution in [-0.4, -0.2) is 51.2 Å². The van der Waals surface area contributed by atoms with E-state index in [2.05, 4.69) is 10.1 Å². The van der Waals surface area contributed by atoms with Crippen molar-refractivity contribution in [3.63, 3.8) is 0 Å². The van der Waals surface area contributed by atoms with Crippen molar-refractivity contribution in [2.75, 3.05) is 25.5 Å². The summed E-state index contributed by atoms with van der Waals surface area (Å²) in [5.41, 5.74) is 2.46. The van der Waals surface area contributed by atoms with E-state index in [-0.39, 0.29) is 24.3 Å². The number of rotatable bonds is 5. The molecule has 156 valence electrons. The first-order chi connectivity index (χ1) is 14.5. The number of aromatic nitrogens is 4. The first-order valence-corrected chi connectivity index (χ1v) is 10.1. The molecule has 0 saturated carbocycles. The fourth-order valence-corrected chi connectivity index (χ4v) is 3.84. The summed E-state index contributed by atoms with van der Waals surface area (Å²) in [5.74, 6) is 0.305. The Kier molecular flexibility index (Phi) is 5.74. The highest BCUT2D eigenvalue weighted by atomic mass is 19.1. The van der Waals surface area contributed by atoms with Gasteiger partial charge >= 0.3 is 0 Å². The van der Waals surface area contributed by atoms with Crippen LogP contribution in [0.25, 0.3) is 11.1 Å².